The molecule has 1 saturated heterocycles. The summed E-state index contributed by atoms with van der Waals surface area (Å²) in [6.07, 6.45) is 3.75. The summed E-state index contributed by atoms with van der Waals surface area (Å²) in [5.41, 5.74) is 2.09. The third kappa shape index (κ3) is 3.42. The predicted molar refractivity (Wildman–Crippen MR) is 93.6 cm³/mol. The van der Waals surface area contributed by atoms with Crippen LogP contribution < -0.4 is 4.90 Å². The summed E-state index contributed by atoms with van der Waals surface area (Å²) < 4.78 is 5.43. The van der Waals surface area contributed by atoms with Crippen molar-refractivity contribution in [1.82, 2.24) is 4.98 Å². The molecule has 2 atom stereocenters. The van der Waals surface area contributed by atoms with E-state index in [1.807, 2.05) is 23.2 Å². The minimum absolute atomic E-state index is 0.00784. The van der Waals surface area contributed by atoms with Crippen LogP contribution in [0.2, 0.25) is 0 Å². The monoisotopic (exact) mass is 314 g/mol. The Labute approximate surface area is 137 Å². The molecule has 2 heterocycles. The Morgan fingerprint density at radius 3 is 2.87 bits per heavy atom. The zero-order chi connectivity index (χ0) is 16.4. The quantitative estimate of drug-likeness (QED) is 0.907. The van der Waals surface area contributed by atoms with Crippen molar-refractivity contribution in [1.29, 1.82) is 0 Å². The third-order valence-electron chi connectivity index (χ3n) is 4.58. The van der Waals surface area contributed by atoms with E-state index in [2.05, 4.69) is 37.9 Å². The van der Waals surface area contributed by atoms with Crippen LogP contribution in [0.15, 0.2) is 30.5 Å². The zero-order valence-electron chi connectivity index (χ0n) is 14.2. The van der Waals surface area contributed by atoms with Gasteiger partial charge < -0.3 is 14.6 Å². The lowest BCUT2D eigenvalue weighted by Crippen LogP contribution is -2.43. The van der Waals surface area contributed by atoms with Gasteiger partial charge in [-0.15, -0.1) is 0 Å². The molecule has 1 aromatic heterocycles. The largest absolute Gasteiger partial charge is 0.381 e. The molecule has 0 spiro atoms. The minimum Gasteiger partial charge on any atom is -0.381 e. The number of anilines is 1. The average Bonchev–Trinajstić information content (AvgIpc) is 3.17. The van der Waals surface area contributed by atoms with Crippen LogP contribution >= 0.6 is 0 Å². The highest BCUT2D eigenvalue weighted by atomic mass is 16.5. The Balaban J connectivity index is 1.93. The van der Waals surface area contributed by atoms with Gasteiger partial charge in [0.1, 0.15) is 0 Å². The smallest absolute Gasteiger partial charge is 0.232 e. The predicted octanol–water partition coefficient (Wildman–Crippen LogP) is 3.97. The normalized spacial score (nSPS) is 19.4. The highest BCUT2D eigenvalue weighted by molar-refractivity contribution is 5.98. The first-order valence-electron chi connectivity index (χ1n) is 8.54. The van der Waals surface area contributed by atoms with Gasteiger partial charge >= 0.3 is 0 Å². The fourth-order valence-electron chi connectivity index (χ4n) is 3.50. The second kappa shape index (κ2) is 6.75. The fraction of sp³-hybridized carbons (Fsp3) is 0.526. The van der Waals surface area contributed by atoms with Crippen LogP contribution in [-0.4, -0.2) is 30.1 Å². The average molecular weight is 314 g/mol. The van der Waals surface area contributed by atoms with Crippen LogP contribution in [0.25, 0.3) is 10.9 Å². The van der Waals surface area contributed by atoms with E-state index in [1.54, 1.807) is 0 Å². The van der Waals surface area contributed by atoms with Crippen molar-refractivity contribution < 1.29 is 9.53 Å². The Morgan fingerprint density at radius 2 is 2.17 bits per heavy atom. The SMILES string of the molecule is CC(C)CC(C)N(C(=O)C1CCOC1)c1ccc2[nH]ccc2c1. The number of carbonyl (C=O) groups excluding carboxylic acids is 1. The van der Waals surface area contributed by atoms with Gasteiger partial charge in [0.05, 0.1) is 12.5 Å². The maximum atomic E-state index is 13.1. The first-order chi connectivity index (χ1) is 11.1. The number of aromatic amines is 1. The summed E-state index contributed by atoms with van der Waals surface area (Å²) in [4.78, 5) is 18.3. The van der Waals surface area contributed by atoms with E-state index in [9.17, 15) is 4.79 Å². The highest BCUT2D eigenvalue weighted by Gasteiger charge is 2.31. The lowest BCUT2D eigenvalue weighted by molar-refractivity contribution is -0.122. The number of aromatic nitrogens is 1. The number of benzene rings is 1. The number of rotatable bonds is 5. The number of fused-ring (bicyclic) bond motifs is 1. The maximum absolute atomic E-state index is 13.1. The van der Waals surface area contributed by atoms with Gasteiger partial charge in [-0.2, -0.15) is 0 Å². The van der Waals surface area contributed by atoms with E-state index in [-0.39, 0.29) is 17.9 Å². The molecule has 2 aromatic rings. The van der Waals surface area contributed by atoms with Gasteiger partial charge in [-0.3, -0.25) is 4.79 Å². The number of hydrogen-bond acceptors (Lipinski definition) is 2. The molecule has 0 bridgehead atoms. The highest BCUT2D eigenvalue weighted by Crippen LogP contribution is 2.28. The van der Waals surface area contributed by atoms with Crippen molar-refractivity contribution in [2.45, 2.75) is 39.7 Å². The summed E-state index contributed by atoms with van der Waals surface area (Å²) >= 11 is 0. The second-order valence-corrected chi connectivity index (χ2v) is 7.00. The Bertz CT molecular complexity index is 671. The van der Waals surface area contributed by atoms with Crippen LogP contribution in [0.4, 0.5) is 5.69 Å². The molecule has 23 heavy (non-hydrogen) atoms. The first-order valence-corrected chi connectivity index (χ1v) is 8.54. The third-order valence-corrected chi connectivity index (χ3v) is 4.58. The van der Waals surface area contributed by atoms with Gasteiger partial charge in [0.25, 0.3) is 0 Å². The molecule has 0 saturated carbocycles. The van der Waals surface area contributed by atoms with Crippen LogP contribution in [0.1, 0.15) is 33.6 Å². The van der Waals surface area contributed by atoms with Crippen molar-refractivity contribution in [3.05, 3.63) is 30.5 Å². The molecule has 1 N–H and O–H groups in total. The van der Waals surface area contributed by atoms with Gasteiger partial charge in [0, 0.05) is 35.4 Å². The minimum atomic E-state index is -0.00784. The molecule has 0 radical (unpaired) electrons. The van der Waals surface area contributed by atoms with E-state index in [0.717, 1.165) is 29.4 Å². The fourth-order valence-corrected chi connectivity index (χ4v) is 3.50. The zero-order valence-corrected chi connectivity index (χ0v) is 14.2. The standard InChI is InChI=1S/C19H26N2O2/c1-13(2)10-14(3)21(19(22)16-7-9-23-12-16)17-4-5-18-15(11-17)6-8-20-18/h4-6,8,11,13-14,16,20H,7,9-10,12H2,1-3H3. The summed E-state index contributed by atoms with van der Waals surface area (Å²) in [7, 11) is 0. The van der Waals surface area contributed by atoms with Gasteiger partial charge in [-0.05, 0) is 49.9 Å². The number of nitrogens with zero attached hydrogens (tertiary/aromatic N) is 1. The van der Waals surface area contributed by atoms with Crippen molar-refractivity contribution in [2.24, 2.45) is 11.8 Å². The Hall–Kier alpha value is -1.81. The van der Waals surface area contributed by atoms with Crippen molar-refractivity contribution in [3.63, 3.8) is 0 Å². The van der Waals surface area contributed by atoms with Crippen LogP contribution in [0.3, 0.4) is 0 Å². The van der Waals surface area contributed by atoms with Crippen LogP contribution in [0.5, 0.6) is 0 Å². The number of nitrogens with one attached hydrogen (secondary N) is 1. The second-order valence-electron chi connectivity index (χ2n) is 7.00. The molecule has 1 amide bonds. The summed E-state index contributed by atoms with van der Waals surface area (Å²) in [5, 5.41) is 1.14. The Morgan fingerprint density at radius 1 is 1.35 bits per heavy atom. The lowest BCUT2D eigenvalue weighted by Gasteiger charge is -2.32. The van der Waals surface area contributed by atoms with Gasteiger partial charge in [-0.1, -0.05) is 13.8 Å². The molecule has 1 aromatic carbocycles. The van der Waals surface area contributed by atoms with E-state index in [1.165, 1.54) is 0 Å². The van der Waals surface area contributed by atoms with E-state index < -0.39 is 0 Å². The Kier molecular flexibility index (Phi) is 4.71. The summed E-state index contributed by atoms with van der Waals surface area (Å²) in [6.45, 7) is 7.80. The number of hydrogen-bond donors (Lipinski definition) is 1. The number of carbonyl (C=O) groups is 1. The number of amides is 1. The van der Waals surface area contributed by atoms with Crippen LogP contribution in [-0.2, 0) is 9.53 Å². The number of H-pyrrole nitrogens is 1. The van der Waals surface area contributed by atoms with Gasteiger partial charge in [-0.25, -0.2) is 0 Å². The van der Waals surface area contributed by atoms with Gasteiger partial charge in [0.2, 0.25) is 5.91 Å². The molecule has 4 nitrogen and oxygen atoms in total. The maximum Gasteiger partial charge on any atom is 0.232 e. The van der Waals surface area contributed by atoms with Crippen molar-refractivity contribution in [3.8, 4) is 0 Å². The van der Waals surface area contributed by atoms with Crippen LogP contribution in [0, 0.1) is 11.8 Å². The molecule has 4 heteroatoms. The molecular formula is C19H26N2O2. The van der Waals surface area contributed by atoms with E-state index >= 15 is 0 Å². The molecule has 0 aliphatic carbocycles. The number of ether oxygens (including phenoxy) is 1. The van der Waals surface area contributed by atoms with E-state index in [4.69, 9.17) is 4.74 Å². The molecule has 124 valence electrons. The molecule has 1 fully saturated rings. The first kappa shape index (κ1) is 16.1. The molecule has 1 aliphatic heterocycles. The summed E-state index contributed by atoms with van der Waals surface area (Å²) in [6, 6.07) is 8.44. The summed E-state index contributed by atoms with van der Waals surface area (Å²) in [5.74, 6) is 0.744. The molecule has 3 rings (SSSR count). The molecular weight excluding hydrogens is 288 g/mol. The van der Waals surface area contributed by atoms with Crippen molar-refractivity contribution >= 4 is 22.5 Å². The molecule has 1 aliphatic rings. The molecule has 2 unspecified atom stereocenters. The lowest BCUT2D eigenvalue weighted by atomic mass is 9.99. The van der Waals surface area contributed by atoms with Gasteiger partial charge in [0.15, 0.2) is 0 Å². The topological polar surface area (TPSA) is 45.3 Å². The van der Waals surface area contributed by atoms with Crippen molar-refractivity contribution in [2.75, 3.05) is 18.1 Å². The van der Waals surface area contributed by atoms with E-state index in [0.29, 0.717) is 19.1 Å².